The fraction of sp³-hybridized carbons (Fsp3) is 0.647. The van der Waals surface area contributed by atoms with Crippen LogP contribution >= 0.6 is 0 Å². The van der Waals surface area contributed by atoms with Crippen LogP contribution in [0, 0.1) is 6.92 Å². The van der Waals surface area contributed by atoms with Gasteiger partial charge < -0.3 is 15.2 Å². The zero-order valence-electron chi connectivity index (χ0n) is 12.7. The second-order valence-corrected chi connectivity index (χ2v) is 5.75. The molecule has 2 N–H and O–H groups in total. The van der Waals surface area contributed by atoms with Crippen molar-refractivity contribution in [3.8, 4) is 5.75 Å². The second-order valence-electron chi connectivity index (χ2n) is 5.75. The van der Waals surface area contributed by atoms with Crippen LogP contribution in [0.3, 0.4) is 0 Å². The summed E-state index contributed by atoms with van der Waals surface area (Å²) in [6, 6.07) is 6.29. The summed E-state index contributed by atoms with van der Waals surface area (Å²) >= 11 is 0. The molecule has 1 aliphatic carbocycles. The Bertz CT molecular complexity index is 419. The third-order valence-electron chi connectivity index (χ3n) is 3.98. The molecule has 2 unspecified atom stereocenters. The lowest BCUT2D eigenvalue weighted by atomic mass is 10.1. The van der Waals surface area contributed by atoms with E-state index in [0.29, 0.717) is 0 Å². The molecule has 20 heavy (non-hydrogen) atoms. The molecular weight excluding hydrogens is 250 g/mol. The van der Waals surface area contributed by atoms with Crippen molar-refractivity contribution in [3.63, 3.8) is 0 Å². The molecule has 1 fully saturated rings. The molecule has 0 aliphatic heterocycles. The molecule has 3 heteroatoms. The van der Waals surface area contributed by atoms with Gasteiger partial charge in [-0.1, -0.05) is 37.5 Å². The minimum Gasteiger partial charge on any atom is -0.487 e. The Kier molecular flexibility index (Phi) is 5.86. The van der Waals surface area contributed by atoms with Crippen molar-refractivity contribution in [2.45, 2.75) is 64.7 Å². The average molecular weight is 277 g/mol. The molecule has 0 heterocycles. The standard InChI is InChI=1S/C17H27NO2/c1-3-18-12-14-11-13(2)9-10-16(14)20-17-8-6-4-5-7-15(17)19/h9-11,15,17-19H,3-8,12H2,1-2H3. The van der Waals surface area contributed by atoms with E-state index >= 15 is 0 Å². The average Bonchev–Trinajstić information content (AvgIpc) is 2.64. The first kappa shape index (κ1) is 15.3. The smallest absolute Gasteiger partial charge is 0.124 e. The van der Waals surface area contributed by atoms with E-state index in [2.05, 4.69) is 31.3 Å². The highest BCUT2D eigenvalue weighted by Crippen LogP contribution is 2.26. The van der Waals surface area contributed by atoms with Crippen LogP contribution < -0.4 is 10.1 Å². The van der Waals surface area contributed by atoms with Crippen LogP contribution in [0.5, 0.6) is 5.75 Å². The van der Waals surface area contributed by atoms with Gasteiger partial charge in [-0.2, -0.15) is 0 Å². The highest BCUT2D eigenvalue weighted by atomic mass is 16.5. The van der Waals surface area contributed by atoms with Gasteiger partial charge in [0.2, 0.25) is 0 Å². The molecule has 2 atom stereocenters. The maximum atomic E-state index is 10.2. The van der Waals surface area contributed by atoms with Crippen LogP contribution in [-0.2, 0) is 6.54 Å². The SMILES string of the molecule is CCNCc1cc(C)ccc1OC1CCCCCC1O. The van der Waals surface area contributed by atoms with E-state index in [1.54, 1.807) is 0 Å². The van der Waals surface area contributed by atoms with Gasteiger partial charge in [0.25, 0.3) is 0 Å². The maximum absolute atomic E-state index is 10.2. The van der Waals surface area contributed by atoms with Crippen molar-refractivity contribution in [3.05, 3.63) is 29.3 Å². The van der Waals surface area contributed by atoms with Crippen LogP contribution in [0.4, 0.5) is 0 Å². The number of aliphatic hydroxyl groups excluding tert-OH is 1. The maximum Gasteiger partial charge on any atom is 0.124 e. The van der Waals surface area contributed by atoms with E-state index < -0.39 is 0 Å². The number of aliphatic hydroxyl groups is 1. The van der Waals surface area contributed by atoms with E-state index in [4.69, 9.17) is 4.74 Å². The first-order valence-corrected chi connectivity index (χ1v) is 7.85. The largest absolute Gasteiger partial charge is 0.487 e. The van der Waals surface area contributed by atoms with Gasteiger partial charge in [0.05, 0.1) is 6.10 Å². The first-order chi connectivity index (χ1) is 9.70. The molecule has 3 nitrogen and oxygen atoms in total. The van der Waals surface area contributed by atoms with Gasteiger partial charge in [-0.3, -0.25) is 0 Å². The van der Waals surface area contributed by atoms with Crippen molar-refractivity contribution in [1.29, 1.82) is 0 Å². The lowest BCUT2D eigenvalue weighted by Gasteiger charge is -2.24. The lowest BCUT2D eigenvalue weighted by molar-refractivity contribution is 0.0314. The Hall–Kier alpha value is -1.06. The Balaban J connectivity index is 2.10. The molecule has 0 aromatic heterocycles. The summed E-state index contributed by atoms with van der Waals surface area (Å²) in [4.78, 5) is 0. The van der Waals surface area contributed by atoms with Crippen molar-refractivity contribution in [2.75, 3.05) is 6.54 Å². The molecule has 0 radical (unpaired) electrons. The molecule has 1 aromatic rings. The Morgan fingerprint density at radius 2 is 2.05 bits per heavy atom. The third kappa shape index (κ3) is 4.22. The number of rotatable bonds is 5. The molecule has 0 amide bonds. The molecule has 0 saturated heterocycles. The Labute approximate surface area is 122 Å². The summed E-state index contributed by atoms with van der Waals surface area (Å²) in [7, 11) is 0. The van der Waals surface area contributed by atoms with Crippen molar-refractivity contribution >= 4 is 0 Å². The predicted molar refractivity (Wildman–Crippen MR) is 82.1 cm³/mol. The zero-order valence-corrected chi connectivity index (χ0v) is 12.7. The number of hydrogen-bond donors (Lipinski definition) is 2. The quantitative estimate of drug-likeness (QED) is 0.812. The number of benzene rings is 1. The summed E-state index contributed by atoms with van der Waals surface area (Å²) in [6.07, 6.45) is 4.89. The van der Waals surface area contributed by atoms with Crippen molar-refractivity contribution < 1.29 is 9.84 Å². The summed E-state index contributed by atoms with van der Waals surface area (Å²) in [6.45, 7) is 5.96. The van der Waals surface area contributed by atoms with E-state index in [9.17, 15) is 5.11 Å². The van der Waals surface area contributed by atoms with Gasteiger partial charge in [0, 0.05) is 12.1 Å². The molecule has 0 bridgehead atoms. The number of nitrogens with one attached hydrogen (secondary N) is 1. The van der Waals surface area contributed by atoms with E-state index in [0.717, 1.165) is 44.5 Å². The van der Waals surface area contributed by atoms with Crippen molar-refractivity contribution in [2.24, 2.45) is 0 Å². The van der Waals surface area contributed by atoms with E-state index in [1.165, 1.54) is 17.5 Å². The summed E-state index contributed by atoms with van der Waals surface area (Å²) in [5.41, 5.74) is 2.43. The number of aryl methyl sites for hydroxylation is 1. The molecule has 1 saturated carbocycles. The molecule has 2 rings (SSSR count). The predicted octanol–water partition coefficient (Wildman–Crippen LogP) is 3.18. The monoisotopic (exact) mass is 277 g/mol. The van der Waals surface area contributed by atoms with E-state index in [-0.39, 0.29) is 12.2 Å². The van der Waals surface area contributed by atoms with E-state index in [1.807, 2.05) is 6.07 Å². The fourth-order valence-corrected chi connectivity index (χ4v) is 2.78. The Morgan fingerprint density at radius 3 is 2.85 bits per heavy atom. The summed E-state index contributed by atoms with van der Waals surface area (Å²) < 4.78 is 6.14. The normalized spacial score (nSPS) is 23.4. The lowest BCUT2D eigenvalue weighted by Crippen LogP contribution is -2.31. The van der Waals surface area contributed by atoms with Crippen LogP contribution in [0.15, 0.2) is 18.2 Å². The molecular formula is C17H27NO2. The zero-order chi connectivity index (χ0) is 14.4. The van der Waals surface area contributed by atoms with Crippen LogP contribution in [-0.4, -0.2) is 23.9 Å². The Morgan fingerprint density at radius 1 is 1.25 bits per heavy atom. The third-order valence-corrected chi connectivity index (χ3v) is 3.98. The van der Waals surface area contributed by atoms with Crippen LogP contribution in [0.25, 0.3) is 0 Å². The summed E-state index contributed by atoms with van der Waals surface area (Å²) in [5, 5.41) is 13.5. The van der Waals surface area contributed by atoms with Gasteiger partial charge in [-0.05, 0) is 38.8 Å². The second kappa shape index (κ2) is 7.65. The fourth-order valence-electron chi connectivity index (χ4n) is 2.78. The van der Waals surface area contributed by atoms with Gasteiger partial charge >= 0.3 is 0 Å². The minimum atomic E-state index is -0.328. The highest BCUT2D eigenvalue weighted by Gasteiger charge is 2.23. The molecule has 0 spiro atoms. The number of hydrogen-bond acceptors (Lipinski definition) is 3. The van der Waals surface area contributed by atoms with Gasteiger partial charge in [0.15, 0.2) is 0 Å². The first-order valence-electron chi connectivity index (χ1n) is 7.85. The molecule has 1 aliphatic rings. The van der Waals surface area contributed by atoms with Gasteiger partial charge in [-0.25, -0.2) is 0 Å². The van der Waals surface area contributed by atoms with Gasteiger partial charge in [-0.15, -0.1) is 0 Å². The topological polar surface area (TPSA) is 41.5 Å². The molecule has 112 valence electrons. The highest BCUT2D eigenvalue weighted by molar-refractivity contribution is 5.37. The van der Waals surface area contributed by atoms with Crippen molar-refractivity contribution in [1.82, 2.24) is 5.32 Å². The minimum absolute atomic E-state index is 0.0550. The van der Waals surface area contributed by atoms with Crippen LogP contribution in [0.1, 0.15) is 50.2 Å². The van der Waals surface area contributed by atoms with Gasteiger partial charge in [0.1, 0.15) is 11.9 Å². The molecule has 1 aromatic carbocycles. The summed E-state index contributed by atoms with van der Waals surface area (Å²) in [5.74, 6) is 0.919. The van der Waals surface area contributed by atoms with Crippen LogP contribution in [0.2, 0.25) is 0 Å². The number of ether oxygens (including phenoxy) is 1.